The van der Waals surface area contributed by atoms with E-state index in [-0.39, 0.29) is 12.5 Å². The quantitative estimate of drug-likeness (QED) is 0.256. The van der Waals surface area contributed by atoms with Gasteiger partial charge in [-0.1, -0.05) is 23.5 Å². The highest BCUT2D eigenvalue weighted by atomic mass is 32.1. The van der Waals surface area contributed by atoms with Crippen LogP contribution in [-0.2, 0) is 6.54 Å². The highest BCUT2D eigenvalue weighted by Gasteiger charge is 2.26. The number of ether oxygens (including phenoxy) is 4. The first kappa shape index (κ1) is 25.2. The first-order chi connectivity index (χ1) is 17.6. The molecule has 0 atom stereocenters. The van der Waals surface area contributed by atoms with Crippen molar-refractivity contribution in [1.82, 2.24) is 9.97 Å². The minimum absolute atomic E-state index is 0.248. The summed E-state index contributed by atoms with van der Waals surface area (Å²) in [7, 11) is 1.61. The number of thiazole rings is 1. The van der Waals surface area contributed by atoms with Crippen LogP contribution in [0.5, 0.6) is 23.0 Å². The summed E-state index contributed by atoms with van der Waals surface area (Å²) in [6.45, 7) is 7.22. The van der Waals surface area contributed by atoms with Gasteiger partial charge in [-0.3, -0.25) is 14.7 Å². The van der Waals surface area contributed by atoms with Crippen LogP contribution in [0.2, 0.25) is 0 Å². The van der Waals surface area contributed by atoms with Crippen molar-refractivity contribution in [2.75, 3.05) is 31.8 Å². The summed E-state index contributed by atoms with van der Waals surface area (Å²) in [5, 5.41) is 0.549. The lowest BCUT2D eigenvalue weighted by Crippen LogP contribution is -2.30. The van der Waals surface area contributed by atoms with Crippen molar-refractivity contribution in [3.05, 3.63) is 66.0 Å². The normalized spacial score (nSPS) is 10.8. The molecule has 4 aromatic rings. The smallest absolute Gasteiger partial charge is 0.260 e. The van der Waals surface area contributed by atoms with Crippen LogP contribution in [-0.4, -0.2) is 42.8 Å². The molecule has 0 saturated carbocycles. The lowest BCUT2D eigenvalue weighted by molar-refractivity contribution is 0.0984. The second-order valence-electron chi connectivity index (χ2n) is 7.66. The van der Waals surface area contributed by atoms with Crippen molar-refractivity contribution in [2.45, 2.75) is 27.3 Å². The van der Waals surface area contributed by atoms with E-state index in [2.05, 4.69) is 4.98 Å². The summed E-state index contributed by atoms with van der Waals surface area (Å²) in [5.41, 5.74) is 1.99. The lowest BCUT2D eigenvalue weighted by atomic mass is 10.1. The van der Waals surface area contributed by atoms with Crippen LogP contribution in [0.15, 0.2) is 54.9 Å². The number of carbonyl (C=O) groups is 1. The van der Waals surface area contributed by atoms with E-state index in [1.54, 1.807) is 36.5 Å². The molecule has 0 fully saturated rings. The number of aromatic nitrogens is 2. The van der Waals surface area contributed by atoms with Crippen LogP contribution in [0.3, 0.4) is 0 Å². The summed E-state index contributed by atoms with van der Waals surface area (Å²) < 4.78 is 23.9. The molecule has 0 aliphatic heterocycles. The molecule has 0 bridgehead atoms. The maximum atomic E-state index is 14.1. The molecule has 2 aromatic carbocycles. The number of fused-ring (bicyclic) bond motifs is 1. The maximum absolute atomic E-state index is 14.1. The van der Waals surface area contributed by atoms with Gasteiger partial charge in [-0.25, -0.2) is 4.98 Å². The Kier molecular flexibility index (Phi) is 8.22. The van der Waals surface area contributed by atoms with Gasteiger partial charge in [0.25, 0.3) is 5.91 Å². The first-order valence-corrected chi connectivity index (χ1v) is 12.6. The standard InChI is InChI=1S/C27H29N3O5S/c1-5-33-21-14-19(15-22(34-6-2)25(21)35-7-3)26(31)30(17-18-10-9-13-28-16-18)27-29-24-20(32-4)11-8-12-23(24)36-27/h8-16H,5-7,17H2,1-4H3. The van der Waals surface area contributed by atoms with Crippen molar-refractivity contribution in [1.29, 1.82) is 0 Å². The first-order valence-electron chi connectivity index (χ1n) is 11.8. The Morgan fingerprint density at radius 3 is 2.28 bits per heavy atom. The molecule has 0 N–H and O–H groups in total. The van der Waals surface area contributed by atoms with Crippen molar-refractivity contribution in [3.8, 4) is 23.0 Å². The highest BCUT2D eigenvalue weighted by molar-refractivity contribution is 7.22. The number of amides is 1. The molecule has 0 unspecified atom stereocenters. The van der Waals surface area contributed by atoms with Gasteiger partial charge in [-0.2, -0.15) is 0 Å². The number of para-hydroxylation sites is 1. The van der Waals surface area contributed by atoms with Gasteiger partial charge >= 0.3 is 0 Å². The Hall–Kier alpha value is -3.85. The monoisotopic (exact) mass is 507 g/mol. The number of benzene rings is 2. The van der Waals surface area contributed by atoms with E-state index < -0.39 is 0 Å². The molecule has 1 amide bonds. The van der Waals surface area contributed by atoms with E-state index in [4.69, 9.17) is 23.9 Å². The Bertz CT molecular complexity index is 1300. The van der Waals surface area contributed by atoms with Crippen LogP contribution in [0.25, 0.3) is 10.2 Å². The second kappa shape index (κ2) is 11.7. The van der Waals surface area contributed by atoms with E-state index >= 15 is 0 Å². The van der Waals surface area contributed by atoms with Gasteiger partial charge in [-0.15, -0.1) is 0 Å². The van der Waals surface area contributed by atoms with Crippen LogP contribution in [0, 0.1) is 0 Å². The van der Waals surface area contributed by atoms with E-state index in [1.165, 1.54) is 11.3 Å². The summed E-state index contributed by atoms with van der Waals surface area (Å²) >= 11 is 1.42. The van der Waals surface area contributed by atoms with E-state index in [0.29, 0.717) is 59.0 Å². The van der Waals surface area contributed by atoms with Crippen LogP contribution < -0.4 is 23.8 Å². The number of rotatable bonds is 11. The van der Waals surface area contributed by atoms with E-state index in [0.717, 1.165) is 10.3 Å². The number of pyridine rings is 1. The zero-order chi connectivity index (χ0) is 25.5. The van der Waals surface area contributed by atoms with Crippen molar-refractivity contribution < 1.29 is 23.7 Å². The highest BCUT2D eigenvalue weighted by Crippen LogP contribution is 2.41. The van der Waals surface area contributed by atoms with Crippen molar-refractivity contribution in [3.63, 3.8) is 0 Å². The lowest BCUT2D eigenvalue weighted by Gasteiger charge is -2.22. The molecular weight excluding hydrogens is 478 g/mol. The van der Waals surface area contributed by atoms with E-state index in [1.807, 2.05) is 51.1 Å². The molecular formula is C27H29N3O5S. The third-order valence-electron chi connectivity index (χ3n) is 5.29. The molecule has 9 heteroatoms. The van der Waals surface area contributed by atoms with Gasteiger partial charge in [0, 0.05) is 18.0 Å². The fourth-order valence-corrected chi connectivity index (χ4v) is 4.74. The van der Waals surface area contributed by atoms with Crippen molar-refractivity contribution >= 4 is 32.6 Å². The van der Waals surface area contributed by atoms with Crippen LogP contribution in [0.4, 0.5) is 5.13 Å². The number of methoxy groups -OCH3 is 1. The molecule has 188 valence electrons. The molecule has 2 aromatic heterocycles. The molecule has 8 nitrogen and oxygen atoms in total. The number of hydrogen-bond donors (Lipinski definition) is 0. The van der Waals surface area contributed by atoms with E-state index in [9.17, 15) is 4.79 Å². The molecule has 0 aliphatic rings. The fraction of sp³-hybridized carbons (Fsp3) is 0.296. The molecule has 2 heterocycles. The Morgan fingerprint density at radius 1 is 0.944 bits per heavy atom. The minimum Gasteiger partial charge on any atom is -0.494 e. The summed E-state index contributed by atoms with van der Waals surface area (Å²) in [4.78, 5) is 24.7. The Labute approximate surface area is 214 Å². The second-order valence-corrected chi connectivity index (χ2v) is 8.67. The number of hydrogen-bond acceptors (Lipinski definition) is 8. The van der Waals surface area contributed by atoms with Gasteiger partial charge < -0.3 is 18.9 Å². The average Bonchev–Trinajstić information content (AvgIpc) is 3.33. The number of anilines is 1. The molecule has 4 rings (SSSR count). The predicted molar refractivity (Wildman–Crippen MR) is 141 cm³/mol. The summed E-state index contributed by atoms with van der Waals surface area (Å²) in [5.74, 6) is 1.81. The topological polar surface area (TPSA) is 83.0 Å². The van der Waals surface area contributed by atoms with Crippen LogP contribution in [0.1, 0.15) is 36.7 Å². The largest absolute Gasteiger partial charge is 0.494 e. The summed E-state index contributed by atoms with van der Waals surface area (Å²) in [6, 6.07) is 12.9. The third kappa shape index (κ3) is 5.36. The summed E-state index contributed by atoms with van der Waals surface area (Å²) in [6.07, 6.45) is 3.44. The zero-order valence-electron chi connectivity index (χ0n) is 20.8. The average molecular weight is 508 g/mol. The van der Waals surface area contributed by atoms with Gasteiger partial charge in [0.05, 0.1) is 38.2 Å². The molecule has 0 radical (unpaired) electrons. The fourth-order valence-electron chi connectivity index (χ4n) is 3.76. The molecule has 0 spiro atoms. The molecule has 0 saturated heterocycles. The number of carbonyl (C=O) groups excluding carboxylic acids is 1. The van der Waals surface area contributed by atoms with Crippen molar-refractivity contribution in [2.24, 2.45) is 0 Å². The van der Waals surface area contributed by atoms with Gasteiger partial charge in [-0.05, 0) is 56.7 Å². The minimum atomic E-state index is -0.248. The number of nitrogens with zero attached hydrogens (tertiary/aromatic N) is 3. The third-order valence-corrected chi connectivity index (χ3v) is 6.33. The Morgan fingerprint density at radius 2 is 1.67 bits per heavy atom. The Balaban J connectivity index is 1.83. The predicted octanol–water partition coefficient (Wildman–Crippen LogP) is 5.74. The van der Waals surface area contributed by atoms with Gasteiger partial charge in [0.15, 0.2) is 16.6 Å². The maximum Gasteiger partial charge on any atom is 0.260 e. The zero-order valence-corrected chi connectivity index (χ0v) is 21.6. The molecule has 36 heavy (non-hydrogen) atoms. The van der Waals surface area contributed by atoms with Crippen LogP contribution >= 0.6 is 11.3 Å². The van der Waals surface area contributed by atoms with Gasteiger partial charge in [0.1, 0.15) is 11.3 Å². The van der Waals surface area contributed by atoms with Gasteiger partial charge in [0.2, 0.25) is 5.75 Å². The molecule has 0 aliphatic carbocycles. The SMILES string of the molecule is CCOc1cc(C(=O)N(Cc2cccnc2)c2nc3c(OC)cccc3s2)cc(OCC)c1OCC.